The molecule has 5 heteroatoms. The molecule has 0 saturated heterocycles. The highest BCUT2D eigenvalue weighted by molar-refractivity contribution is 5.79. The third-order valence-corrected chi connectivity index (χ3v) is 4.13. The zero-order valence-electron chi connectivity index (χ0n) is 15.1. The number of Topliss-reactive ketones (excluding diaryl/α,β-unsaturated/α-hetero) is 1. The van der Waals surface area contributed by atoms with E-state index >= 15 is 0 Å². The van der Waals surface area contributed by atoms with Crippen LogP contribution in [0.4, 0.5) is 0 Å². The third-order valence-electron chi connectivity index (χ3n) is 4.13. The molecule has 26 heavy (non-hydrogen) atoms. The quantitative estimate of drug-likeness (QED) is 0.613. The lowest BCUT2D eigenvalue weighted by molar-refractivity contribution is -0.124. The Kier molecular flexibility index (Phi) is 5.92. The topological polar surface area (TPSA) is 65.2 Å². The number of hydrogen-bond donors (Lipinski definition) is 0. The van der Waals surface area contributed by atoms with E-state index in [2.05, 4.69) is 9.97 Å². The van der Waals surface area contributed by atoms with Gasteiger partial charge in [-0.3, -0.25) is 9.78 Å². The van der Waals surface area contributed by atoms with E-state index in [4.69, 9.17) is 9.15 Å². The second kappa shape index (κ2) is 8.54. The molecule has 0 unspecified atom stereocenters. The molecule has 0 spiro atoms. The lowest BCUT2D eigenvalue weighted by Crippen LogP contribution is -2.10. The Hall–Kier alpha value is -2.79. The Balaban J connectivity index is 1.49. The van der Waals surface area contributed by atoms with Crippen molar-refractivity contribution in [3.63, 3.8) is 0 Å². The van der Waals surface area contributed by atoms with Gasteiger partial charge in [-0.25, -0.2) is 4.98 Å². The van der Waals surface area contributed by atoms with E-state index in [0.29, 0.717) is 24.5 Å². The largest absolute Gasteiger partial charge is 0.441 e. The summed E-state index contributed by atoms with van der Waals surface area (Å²) in [6.45, 7) is 4.24. The van der Waals surface area contributed by atoms with Crippen molar-refractivity contribution in [2.75, 3.05) is 6.61 Å². The van der Waals surface area contributed by atoms with Crippen LogP contribution in [0, 0.1) is 13.8 Å². The zero-order chi connectivity index (χ0) is 18.4. The molecule has 2 heterocycles. The van der Waals surface area contributed by atoms with Crippen molar-refractivity contribution < 1.29 is 13.9 Å². The standard InChI is InChI=1S/C21H22N2O3/c1-15-3-6-18(7-4-15)21-23-20(16(2)26-21)14-25-13-19(24)8-5-17-9-11-22-12-10-17/h3-4,6-7,9-12H,5,8,13-14H2,1-2H3. The first-order chi connectivity index (χ1) is 12.6. The van der Waals surface area contributed by atoms with Crippen molar-refractivity contribution >= 4 is 5.78 Å². The van der Waals surface area contributed by atoms with Crippen LogP contribution in [0.1, 0.15) is 29.0 Å². The predicted octanol–water partition coefficient (Wildman–Crippen LogP) is 4.07. The summed E-state index contributed by atoms with van der Waals surface area (Å²) in [5, 5.41) is 0. The number of pyridine rings is 1. The Morgan fingerprint density at radius 3 is 2.54 bits per heavy atom. The van der Waals surface area contributed by atoms with Gasteiger partial charge in [-0.1, -0.05) is 17.7 Å². The van der Waals surface area contributed by atoms with Gasteiger partial charge in [-0.15, -0.1) is 0 Å². The molecule has 0 aliphatic heterocycles. The molecule has 0 atom stereocenters. The monoisotopic (exact) mass is 350 g/mol. The number of benzene rings is 1. The van der Waals surface area contributed by atoms with Crippen LogP contribution in [0.3, 0.4) is 0 Å². The number of hydrogen-bond acceptors (Lipinski definition) is 5. The number of aryl methyl sites for hydroxylation is 3. The second-order valence-electron chi connectivity index (χ2n) is 6.27. The summed E-state index contributed by atoms with van der Waals surface area (Å²) in [5.41, 5.74) is 3.94. The fourth-order valence-corrected chi connectivity index (χ4v) is 2.55. The molecule has 2 aromatic heterocycles. The van der Waals surface area contributed by atoms with E-state index < -0.39 is 0 Å². The fraction of sp³-hybridized carbons (Fsp3) is 0.286. The maximum atomic E-state index is 12.0. The van der Waals surface area contributed by atoms with E-state index in [1.54, 1.807) is 12.4 Å². The van der Waals surface area contributed by atoms with Gasteiger partial charge in [0.05, 0.1) is 6.61 Å². The van der Waals surface area contributed by atoms with Gasteiger partial charge >= 0.3 is 0 Å². The Bertz CT molecular complexity index is 855. The van der Waals surface area contributed by atoms with Crippen molar-refractivity contribution in [2.45, 2.75) is 33.3 Å². The summed E-state index contributed by atoms with van der Waals surface area (Å²) < 4.78 is 11.3. The van der Waals surface area contributed by atoms with Crippen molar-refractivity contribution in [2.24, 2.45) is 0 Å². The Labute approximate surface area is 153 Å². The Morgan fingerprint density at radius 1 is 1.08 bits per heavy atom. The summed E-state index contributed by atoms with van der Waals surface area (Å²) in [5.74, 6) is 1.36. The minimum Gasteiger partial charge on any atom is -0.441 e. The average Bonchev–Trinajstić information content (AvgIpc) is 3.02. The number of carbonyl (C=O) groups is 1. The van der Waals surface area contributed by atoms with Gasteiger partial charge in [0.1, 0.15) is 18.1 Å². The molecule has 0 bridgehead atoms. The lowest BCUT2D eigenvalue weighted by atomic mass is 10.1. The van der Waals surface area contributed by atoms with Crippen molar-refractivity contribution in [1.82, 2.24) is 9.97 Å². The maximum Gasteiger partial charge on any atom is 0.226 e. The number of carbonyl (C=O) groups excluding carboxylic acids is 1. The van der Waals surface area contributed by atoms with Gasteiger partial charge in [0, 0.05) is 24.4 Å². The summed E-state index contributed by atoms with van der Waals surface area (Å²) in [6, 6.07) is 11.8. The van der Waals surface area contributed by atoms with Gasteiger partial charge in [-0.2, -0.15) is 0 Å². The van der Waals surface area contributed by atoms with Gasteiger partial charge in [0.25, 0.3) is 0 Å². The zero-order valence-corrected chi connectivity index (χ0v) is 15.1. The van der Waals surface area contributed by atoms with Crippen molar-refractivity contribution in [1.29, 1.82) is 0 Å². The number of ether oxygens (including phenoxy) is 1. The summed E-state index contributed by atoms with van der Waals surface area (Å²) in [7, 11) is 0. The number of nitrogens with zero attached hydrogens (tertiary/aromatic N) is 2. The van der Waals surface area contributed by atoms with E-state index in [1.165, 1.54) is 5.56 Å². The first kappa shape index (κ1) is 18.0. The average molecular weight is 350 g/mol. The third kappa shape index (κ3) is 4.86. The maximum absolute atomic E-state index is 12.0. The van der Waals surface area contributed by atoms with Crippen LogP contribution in [-0.2, 0) is 22.6 Å². The van der Waals surface area contributed by atoms with Crippen molar-refractivity contribution in [3.05, 3.63) is 71.4 Å². The first-order valence-electron chi connectivity index (χ1n) is 8.63. The van der Waals surface area contributed by atoms with Gasteiger partial charge < -0.3 is 9.15 Å². The summed E-state index contributed by atoms with van der Waals surface area (Å²) in [4.78, 5) is 20.4. The van der Waals surface area contributed by atoms with Crippen molar-refractivity contribution in [3.8, 4) is 11.5 Å². The van der Waals surface area contributed by atoms with Crippen LogP contribution in [0.25, 0.3) is 11.5 Å². The molecule has 0 aliphatic rings. The highest BCUT2D eigenvalue weighted by Crippen LogP contribution is 2.22. The van der Waals surface area contributed by atoms with Gasteiger partial charge in [-0.05, 0) is 50.1 Å². The molecule has 1 aromatic carbocycles. The molecule has 5 nitrogen and oxygen atoms in total. The SMILES string of the molecule is Cc1ccc(-c2nc(COCC(=O)CCc3ccncc3)c(C)o2)cc1. The predicted molar refractivity (Wildman–Crippen MR) is 98.6 cm³/mol. The van der Waals surface area contributed by atoms with Crippen LogP contribution in [0.15, 0.2) is 53.2 Å². The lowest BCUT2D eigenvalue weighted by Gasteiger charge is -2.03. The molecule has 134 valence electrons. The number of ketones is 1. The molecular formula is C21H22N2O3. The fourth-order valence-electron chi connectivity index (χ4n) is 2.55. The Morgan fingerprint density at radius 2 is 1.81 bits per heavy atom. The second-order valence-corrected chi connectivity index (χ2v) is 6.27. The normalized spacial score (nSPS) is 10.8. The minimum absolute atomic E-state index is 0.0710. The molecule has 0 aliphatic carbocycles. The number of oxazole rings is 1. The van der Waals surface area contributed by atoms with Crippen LogP contribution < -0.4 is 0 Å². The highest BCUT2D eigenvalue weighted by atomic mass is 16.5. The highest BCUT2D eigenvalue weighted by Gasteiger charge is 2.12. The molecular weight excluding hydrogens is 328 g/mol. The summed E-state index contributed by atoms with van der Waals surface area (Å²) >= 11 is 0. The molecule has 3 aromatic rings. The molecule has 0 amide bonds. The molecule has 0 saturated carbocycles. The van der Waals surface area contributed by atoms with Crippen LogP contribution in [0.2, 0.25) is 0 Å². The van der Waals surface area contributed by atoms with Gasteiger partial charge in [0.15, 0.2) is 5.78 Å². The molecule has 0 radical (unpaired) electrons. The van der Waals surface area contributed by atoms with E-state index in [1.807, 2.05) is 50.2 Å². The summed E-state index contributed by atoms with van der Waals surface area (Å²) in [6.07, 6.45) is 4.62. The minimum atomic E-state index is 0.0710. The smallest absolute Gasteiger partial charge is 0.226 e. The van der Waals surface area contributed by atoms with E-state index in [-0.39, 0.29) is 19.0 Å². The molecule has 3 rings (SSSR count). The van der Waals surface area contributed by atoms with E-state index in [9.17, 15) is 4.79 Å². The first-order valence-corrected chi connectivity index (χ1v) is 8.63. The molecule has 0 N–H and O–H groups in total. The van der Waals surface area contributed by atoms with Crippen LogP contribution in [-0.4, -0.2) is 22.4 Å². The molecule has 0 fully saturated rings. The number of rotatable bonds is 8. The van der Waals surface area contributed by atoms with E-state index in [0.717, 1.165) is 16.8 Å². The van der Waals surface area contributed by atoms with Crippen LogP contribution in [0.5, 0.6) is 0 Å². The van der Waals surface area contributed by atoms with Gasteiger partial charge in [0.2, 0.25) is 5.89 Å². The number of aromatic nitrogens is 2. The van der Waals surface area contributed by atoms with Crippen LogP contribution >= 0.6 is 0 Å².